The summed E-state index contributed by atoms with van der Waals surface area (Å²) in [5, 5.41) is 0. The van der Waals surface area contributed by atoms with Crippen LogP contribution in [-0.4, -0.2) is 30.0 Å². The van der Waals surface area contributed by atoms with Crippen molar-refractivity contribution in [3.8, 4) is 5.75 Å². The van der Waals surface area contributed by atoms with Gasteiger partial charge in [-0.1, -0.05) is 38.6 Å². The molecule has 0 saturated heterocycles. The highest BCUT2D eigenvalue weighted by molar-refractivity contribution is 5.85. The quantitative estimate of drug-likeness (QED) is 0.749. The largest absolute Gasteiger partial charge is 0.490 e. The number of amides is 1. The number of carbonyl (C=O) groups excluding carboxylic acids is 1. The van der Waals surface area contributed by atoms with Gasteiger partial charge in [-0.15, -0.1) is 0 Å². The van der Waals surface area contributed by atoms with Crippen molar-refractivity contribution in [2.24, 2.45) is 5.73 Å². The molecule has 116 valence electrons. The summed E-state index contributed by atoms with van der Waals surface area (Å²) in [5.41, 5.74) is 6.44. The topological polar surface area (TPSA) is 55.6 Å². The molecule has 0 radical (unpaired) electrons. The van der Waals surface area contributed by atoms with Gasteiger partial charge in [0, 0.05) is 13.6 Å². The lowest BCUT2D eigenvalue weighted by atomic mass is 9.92. The second-order valence-corrected chi connectivity index (χ2v) is 5.27. The summed E-state index contributed by atoms with van der Waals surface area (Å²) in [5.74, 6) is 0.780. The number of nitrogens with two attached hydrogens (primary N) is 1. The van der Waals surface area contributed by atoms with E-state index in [0.717, 1.165) is 11.3 Å². The highest BCUT2D eigenvalue weighted by Gasteiger charge is 2.32. The Morgan fingerprint density at radius 3 is 2.38 bits per heavy atom. The van der Waals surface area contributed by atoms with Crippen LogP contribution in [0.3, 0.4) is 0 Å². The van der Waals surface area contributed by atoms with Crippen LogP contribution in [-0.2, 0) is 11.3 Å². The second kappa shape index (κ2) is 7.84. The molecule has 0 saturated carbocycles. The van der Waals surface area contributed by atoms with Gasteiger partial charge in [0.05, 0.1) is 5.54 Å². The minimum Gasteiger partial charge on any atom is -0.490 e. The molecule has 0 aliphatic rings. The lowest BCUT2D eigenvalue weighted by Gasteiger charge is -2.30. The first-order valence-corrected chi connectivity index (χ1v) is 7.34. The first-order valence-electron chi connectivity index (χ1n) is 7.34. The number of likely N-dealkylation sites (N-methyl/N-ethyl adjacent to an activating group) is 1. The van der Waals surface area contributed by atoms with Crippen molar-refractivity contribution < 1.29 is 9.53 Å². The summed E-state index contributed by atoms with van der Waals surface area (Å²) in [7, 11) is 1.79. The molecule has 1 rings (SSSR count). The Morgan fingerprint density at radius 1 is 1.33 bits per heavy atom. The summed E-state index contributed by atoms with van der Waals surface area (Å²) in [6.45, 7) is 8.53. The lowest BCUT2D eigenvalue weighted by Crippen LogP contribution is -2.53. The predicted molar refractivity (Wildman–Crippen MR) is 86.1 cm³/mol. The molecule has 1 aromatic rings. The van der Waals surface area contributed by atoms with Crippen LogP contribution in [0.15, 0.2) is 36.9 Å². The van der Waals surface area contributed by atoms with E-state index in [1.807, 2.05) is 38.1 Å². The minimum absolute atomic E-state index is 0.0144. The molecule has 0 aliphatic carbocycles. The maximum absolute atomic E-state index is 12.4. The van der Waals surface area contributed by atoms with Crippen molar-refractivity contribution in [2.45, 2.75) is 38.8 Å². The standard InChI is InChI=1S/C17H26N2O2/c1-5-12-21-15-10-8-14(9-11-15)13-19(4)16(20)17(18,6-2)7-3/h5,8-11H,1,6-7,12-13,18H2,2-4H3. The number of hydrogen-bond donors (Lipinski definition) is 1. The van der Waals surface area contributed by atoms with Gasteiger partial charge in [0.1, 0.15) is 12.4 Å². The molecule has 4 nitrogen and oxygen atoms in total. The Bertz CT molecular complexity index is 464. The van der Waals surface area contributed by atoms with E-state index in [2.05, 4.69) is 6.58 Å². The molecule has 0 heterocycles. The highest BCUT2D eigenvalue weighted by Crippen LogP contribution is 2.17. The third-order valence-electron chi connectivity index (χ3n) is 3.75. The zero-order valence-electron chi connectivity index (χ0n) is 13.3. The smallest absolute Gasteiger partial charge is 0.242 e. The van der Waals surface area contributed by atoms with Gasteiger partial charge in [-0.2, -0.15) is 0 Å². The van der Waals surface area contributed by atoms with Gasteiger partial charge < -0.3 is 15.4 Å². The number of nitrogens with zero attached hydrogens (tertiary/aromatic N) is 1. The maximum atomic E-state index is 12.4. The molecular weight excluding hydrogens is 264 g/mol. The van der Waals surface area contributed by atoms with Crippen molar-refractivity contribution in [1.82, 2.24) is 4.90 Å². The van der Waals surface area contributed by atoms with E-state index in [1.165, 1.54) is 0 Å². The molecule has 0 unspecified atom stereocenters. The number of rotatable bonds is 8. The van der Waals surface area contributed by atoms with Crippen molar-refractivity contribution in [1.29, 1.82) is 0 Å². The average Bonchev–Trinajstić information content (AvgIpc) is 2.52. The third kappa shape index (κ3) is 4.60. The van der Waals surface area contributed by atoms with E-state index in [1.54, 1.807) is 18.0 Å². The second-order valence-electron chi connectivity index (χ2n) is 5.27. The molecule has 1 amide bonds. The maximum Gasteiger partial charge on any atom is 0.242 e. The summed E-state index contributed by atoms with van der Waals surface area (Å²) in [6.07, 6.45) is 2.98. The average molecular weight is 290 g/mol. The van der Waals surface area contributed by atoms with Crippen LogP contribution in [0, 0.1) is 0 Å². The molecule has 0 spiro atoms. The number of carbonyl (C=O) groups is 1. The number of ether oxygens (including phenoxy) is 1. The van der Waals surface area contributed by atoms with E-state index in [-0.39, 0.29) is 5.91 Å². The Kier molecular flexibility index (Phi) is 6.43. The molecule has 0 aromatic heterocycles. The minimum atomic E-state index is -0.762. The van der Waals surface area contributed by atoms with Crippen molar-refractivity contribution >= 4 is 5.91 Å². The zero-order chi connectivity index (χ0) is 15.9. The third-order valence-corrected chi connectivity index (χ3v) is 3.75. The van der Waals surface area contributed by atoms with Gasteiger partial charge in [0.25, 0.3) is 0 Å². The Hall–Kier alpha value is -1.81. The van der Waals surface area contributed by atoms with Gasteiger partial charge in [0.2, 0.25) is 5.91 Å². The summed E-state index contributed by atoms with van der Waals surface area (Å²) >= 11 is 0. The molecule has 2 N–H and O–H groups in total. The van der Waals surface area contributed by atoms with Gasteiger partial charge in [-0.05, 0) is 30.5 Å². The van der Waals surface area contributed by atoms with E-state index in [9.17, 15) is 4.79 Å². The number of hydrogen-bond acceptors (Lipinski definition) is 3. The van der Waals surface area contributed by atoms with Gasteiger partial charge in [-0.25, -0.2) is 0 Å². The molecule has 21 heavy (non-hydrogen) atoms. The van der Waals surface area contributed by atoms with Crippen molar-refractivity contribution in [2.75, 3.05) is 13.7 Å². The van der Waals surface area contributed by atoms with Gasteiger partial charge in [-0.3, -0.25) is 4.79 Å². The van der Waals surface area contributed by atoms with E-state index < -0.39 is 5.54 Å². The molecule has 0 aliphatic heterocycles. The molecule has 4 heteroatoms. The summed E-state index contributed by atoms with van der Waals surface area (Å²) in [6, 6.07) is 7.70. The van der Waals surface area contributed by atoms with Gasteiger partial charge in [0.15, 0.2) is 0 Å². The number of benzene rings is 1. The van der Waals surface area contributed by atoms with Gasteiger partial charge >= 0.3 is 0 Å². The molecule has 0 fully saturated rings. The highest BCUT2D eigenvalue weighted by atomic mass is 16.5. The molecule has 0 atom stereocenters. The predicted octanol–water partition coefficient (Wildman–Crippen LogP) is 2.73. The zero-order valence-corrected chi connectivity index (χ0v) is 13.3. The van der Waals surface area contributed by atoms with Crippen molar-refractivity contribution in [3.05, 3.63) is 42.5 Å². The monoisotopic (exact) mass is 290 g/mol. The van der Waals surface area contributed by atoms with E-state index in [4.69, 9.17) is 10.5 Å². The Labute approximate surface area is 127 Å². The fraction of sp³-hybridized carbons (Fsp3) is 0.471. The molecule has 0 bridgehead atoms. The van der Waals surface area contributed by atoms with Crippen LogP contribution in [0.1, 0.15) is 32.3 Å². The van der Waals surface area contributed by atoms with E-state index >= 15 is 0 Å². The fourth-order valence-corrected chi connectivity index (χ4v) is 2.12. The Balaban J connectivity index is 2.68. The van der Waals surface area contributed by atoms with Crippen molar-refractivity contribution in [3.63, 3.8) is 0 Å². The van der Waals surface area contributed by atoms with Crippen LogP contribution in [0.5, 0.6) is 5.75 Å². The van der Waals surface area contributed by atoms with Crippen LogP contribution in [0.4, 0.5) is 0 Å². The van der Waals surface area contributed by atoms with Crippen LogP contribution in [0.25, 0.3) is 0 Å². The molecular formula is C17H26N2O2. The van der Waals surface area contributed by atoms with E-state index in [0.29, 0.717) is 26.0 Å². The normalized spacial score (nSPS) is 11.0. The SMILES string of the molecule is C=CCOc1ccc(CN(C)C(=O)C(N)(CC)CC)cc1. The van der Waals surface area contributed by atoms with Crippen LogP contribution in [0.2, 0.25) is 0 Å². The first kappa shape index (κ1) is 17.2. The summed E-state index contributed by atoms with van der Waals surface area (Å²) in [4.78, 5) is 14.1. The molecule has 1 aromatic carbocycles. The lowest BCUT2D eigenvalue weighted by molar-refractivity contribution is -0.136. The van der Waals surface area contributed by atoms with Crippen LogP contribution < -0.4 is 10.5 Å². The van der Waals surface area contributed by atoms with Crippen LogP contribution >= 0.6 is 0 Å². The fourth-order valence-electron chi connectivity index (χ4n) is 2.12. The first-order chi connectivity index (χ1) is 9.96. The Morgan fingerprint density at radius 2 is 1.90 bits per heavy atom. The summed E-state index contributed by atoms with van der Waals surface area (Å²) < 4.78 is 5.43.